The van der Waals surface area contributed by atoms with E-state index >= 15 is 0 Å². The molecule has 1 heterocycles. The largest absolute Gasteiger partial charge is 0.494 e. The number of likely N-dealkylation sites (tertiary alicyclic amines) is 1. The van der Waals surface area contributed by atoms with Gasteiger partial charge in [-0.3, -0.25) is 4.55 Å². The van der Waals surface area contributed by atoms with E-state index in [0.29, 0.717) is 32.0 Å². The highest BCUT2D eigenvalue weighted by Gasteiger charge is 2.41. The van der Waals surface area contributed by atoms with Gasteiger partial charge in [0.15, 0.2) is 0 Å². The van der Waals surface area contributed by atoms with E-state index in [2.05, 4.69) is 0 Å². The minimum atomic E-state index is -4.74. The maximum atomic E-state index is 12.0. The summed E-state index contributed by atoms with van der Waals surface area (Å²) in [6.07, 6.45) is -1.06. The zero-order valence-electron chi connectivity index (χ0n) is 24.7. The van der Waals surface area contributed by atoms with Crippen molar-refractivity contribution >= 4 is 27.3 Å². The molecule has 4 aromatic carbocycles. The Bertz CT molecular complexity index is 1650. The molecule has 0 aliphatic carbocycles. The lowest BCUT2D eigenvalue weighted by atomic mass is 9.79. The second-order valence-electron chi connectivity index (χ2n) is 11.0. The average molecular weight is 636 g/mol. The maximum absolute atomic E-state index is 12.0. The number of carboxylic acid groups (broad SMARTS) is 1. The molecular formula is C34H37NO9S. The summed E-state index contributed by atoms with van der Waals surface area (Å²) in [6, 6.07) is 31.3. The van der Waals surface area contributed by atoms with Gasteiger partial charge in [0.2, 0.25) is 0 Å². The van der Waals surface area contributed by atoms with Crippen LogP contribution in [0.2, 0.25) is 0 Å². The fourth-order valence-electron chi connectivity index (χ4n) is 5.67. The summed E-state index contributed by atoms with van der Waals surface area (Å²) < 4.78 is 55.0. The Morgan fingerprint density at radius 2 is 1.56 bits per heavy atom. The molecule has 1 aliphatic heterocycles. The monoisotopic (exact) mass is 635 g/mol. The quantitative estimate of drug-likeness (QED) is 0.128. The second kappa shape index (κ2) is 15.3. The summed E-state index contributed by atoms with van der Waals surface area (Å²) in [7, 11) is -4.74. The third-order valence-electron chi connectivity index (χ3n) is 7.82. The van der Waals surface area contributed by atoms with Crippen LogP contribution in [0.15, 0.2) is 97.1 Å². The maximum Gasteiger partial charge on any atom is 0.407 e. The van der Waals surface area contributed by atoms with Crippen LogP contribution in [0.1, 0.15) is 29.0 Å². The summed E-state index contributed by atoms with van der Waals surface area (Å²) >= 11 is 0. The minimum absolute atomic E-state index is 0.00654. The van der Waals surface area contributed by atoms with Crippen LogP contribution < -0.4 is 4.74 Å². The molecule has 0 bridgehead atoms. The Balaban J connectivity index is 1.26. The highest BCUT2D eigenvalue weighted by Crippen LogP contribution is 2.37. The lowest BCUT2D eigenvalue weighted by molar-refractivity contribution is -0.0466. The first kappa shape index (κ1) is 32.4. The van der Waals surface area contributed by atoms with Gasteiger partial charge in [0.05, 0.1) is 45.7 Å². The molecule has 3 unspecified atom stereocenters. The van der Waals surface area contributed by atoms with E-state index in [1.54, 1.807) is 0 Å². The normalized spacial score (nSPS) is 18.6. The molecule has 0 radical (unpaired) electrons. The van der Waals surface area contributed by atoms with Crippen molar-refractivity contribution in [3.63, 3.8) is 0 Å². The highest BCUT2D eigenvalue weighted by molar-refractivity contribution is 7.80. The molecule has 238 valence electrons. The number of rotatable bonds is 14. The molecule has 3 atom stereocenters. The van der Waals surface area contributed by atoms with Crippen LogP contribution in [0.3, 0.4) is 0 Å². The van der Waals surface area contributed by atoms with Crippen LogP contribution in [0.5, 0.6) is 5.75 Å². The van der Waals surface area contributed by atoms with Gasteiger partial charge < -0.3 is 24.2 Å². The second-order valence-corrected chi connectivity index (χ2v) is 12.1. The topological polar surface area (TPSA) is 132 Å². The van der Waals surface area contributed by atoms with E-state index in [1.165, 1.54) is 4.90 Å². The van der Waals surface area contributed by atoms with Gasteiger partial charge in [-0.2, -0.15) is 8.42 Å². The number of benzene rings is 4. The fourth-order valence-corrected chi connectivity index (χ4v) is 6.01. The number of ether oxygens (including phenoxy) is 3. The molecule has 2 N–H and O–H groups in total. The Labute approximate surface area is 263 Å². The van der Waals surface area contributed by atoms with E-state index in [1.807, 2.05) is 97.1 Å². The molecule has 1 aliphatic rings. The van der Waals surface area contributed by atoms with E-state index in [4.69, 9.17) is 18.4 Å². The molecule has 11 heteroatoms. The third kappa shape index (κ3) is 9.49. The average Bonchev–Trinajstić information content (AvgIpc) is 3.04. The number of fused-ring (bicyclic) bond motifs is 1. The predicted octanol–water partition coefficient (Wildman–Crippen LogP) is 5.92. The van der Waals surface area contributed by atoms with Gasteiger partial charge in [-0.1, -0.05) is 78.9 Å². The molecule has 1 saturated heterocycles. The number of hydrogen-bond acceptors (Lipinski definition) is 7. The number of piperidine rings is 1. The van der Waals surface area contributed by atoms with Crippen LogP contribution >= 0.6 is 0 Å². The molecule has 10 nitrogen and oxygen atoms in total. The summed E-state index contributed by atoms with van der Waals surface area (Å²) in [5.74, 6) is -0.390. The fraction of sp³-hybridized carbons (Fsp3) is 0.324. The Hall–Kier alpha value is -4.00. The van der Waals surface area contributed by atoms with Gasteiger partial charge in [0.25, 0.3) is 0 Å². The van der Waals surface area contributed by atoms with Gasteiger partial charge >= 0.3 is 16.5 Å². The van der Waals surface area contributed by atoms with Crippen molar-refractivity contribution in [2.45, 2.75) is 31.7 Å². The molecular weight excluding hydrogens is 598 g/mol. The van der Waals surface area contributed by atoms with Gasteiger partial charge in [-0.25, -0.2) is 8.98 Å². The molecule has 0 aromatic heterocycles. The molecule has 0 saturated carbocycles. The highest BCUT2D eigenvalue weighted by atomic mass is 32.3. The smallest absolute Gasteiger partial charge is 0.407 e. The van der Waals surface area contributed by atoms with Crippen LogP contribution in [0, 0.1) is 5.92 Å². The molecule has 4 aromatic rings. The number of amides is 1. The standard InChI is InChI=1S/C34H37NO9S/c36-34(37)35-20-30(24-44-45(38,39)40)33(32(21-35)43-23-26-11-12-27-9-4-5-10-29(27)19-26)28-13-15-31(16-14-28)42-18-6-17-41-22-25-7-2-1-3-8-25/h1-5,7-16,19,30,32-33H,6,17-18,20-24H2,(H,36,37)(H,38,39,40). The van der Waals surface area contributed by atoms with Gasteiger partial charge in [0, 0.05) is 24.8 Å². The van der Waals surface area contributed by atoms with Crippen molar-refractivity contribution in [3.05, 3.63) is 114 Å². The molecule has 1 amide bonds. The molecule has 0 spiro atoms. The Kier molecular flexibility index (Phi) is 11.0. The van der Waals surface area contributed by atoms with Crippen LogP contribution in [0.4, 0.5) is 4.79 Å². The van der Waals surface area contributed by atoms with Gasteiger partial charge in [-0.05, 0) is 45.7 Å². The van der Waals surface area contributed by atoms with E-state index in [9.17, 15) is 22.9 Å². The van der Waals surface area contributed by atoms with Crippen LogP contribution in [-0.2, 0) is 37.3 Å². The zero-order valence-corrected chi connectivity index (χ0v) is 25.6. The van der Waals surface area contributed by atoms with Crippen molar-refractivity contribution in [3.8, 4) is 5.75 Å². The van der Waals surface area contributed by atoms with Crippen LogP contribution in [-0.4, -0.2) is 68.1 Å². The number of carbonyl (C=O) groups is 1. The summed E-state index contributed by atoms with van der Waals surface area (Å²) in [4.78, 5) is 13.2. The van der Waals surface area contributed by atoms with Crippen molar-refractivity contribution < 1.29 is 41.3 Å². The van der Waals surface area contributed by atoms with Crippen molar-refractivity contribution in [2.24, 2.45) is 5.92 Å². The first-order valence-electron chi connectivity index (χ1n) is 14.8. The first-order chi connectivity index (χ1) is 21.7. The van der Waals surface area contributed by atoms with Crippen molar-refractivity contribution in [1.82, 2.24) is 4.90 Å². The van der Waals surface area contributed by atoms with E-state index < -0.39 is 41.0 Å². The number of nitrogens with zero attached hydrogens (tertiary/aromatic N) is 1. The number of hydrogen-bond donors (Lipinski definition) is 2. The lowest BCUT2D eigenvalue weighted by Crippen LogP contribution is -2.52. The summed E-state index contributed by atoms with van der Waals surface area (Å²) in [6.45, 7) is 1.46. The van der Waals surface area contributed by atoms with Crippen molar-refractivity contribution in [2.75, 3.05) is 32.9 Å². The minimum Gasteiger partial charge on any atom is -0.494 e. The summed E-state index contributed by atoms with van der Waals surface area (Å²) in [5, 5.41) is 12.0. The zero-order chi connectivity index (χ0) is 31.6. The molecule has 5 rings (SSSR count). The molecule has 1 fully saturated rings. The third-order valence-corrected chi connectivity index (χ3v) is 8.26. The Morgan fingerprint density at radius 1 is 0.822 bits per heavy atom. The summed E-state index contributed by atoms with van der Waals surface area (Å²) in [5.41, 5.74) is 2.84. The predicted molar refractivity (Wildman–Crippen MR) is 169 cm³/mol. The van der Waals surface area contributed by atoms with E-state index in [-0.39, 0.29) is 19.7 Å². The first-order valence-corrected chi connectivity index (χ1v) is 16.1. The van der Waals surface area contributed by atoms with Gasteiger partial charge in [-0.15, -0.1) is 0 Å². The van der Waals surface area contributed by atoms with Crippen LogP contribution in [0.25, 0.3) is 10.8 Å². The Morgan fingerprint density at radius 3 is 2.29 bits per heavy atom. The SMILES string of the molecule is O=C(O)N1CC(COS(=O)(=O)O)C(c2ccc(OCCCOCc3ccccc3)cc2)C(OCc2ccc3ccccc3c2)C1. The van der Waals surface area contributed by atoms with Crippen molar-refractivity contribution in [1.29, 1.82) is 0 Å². The van der Waals surface area contributed by atoms with E-state index in [0.717, 1.165) is 27.5 Å². The lowest BCUT2D eigenvalue weighted by Gasteiger charge is -2.42. The molecule has 45 heavy (non-hydrogen) atoms. The van der Waals surface area contributed by atoms with Gasteiger partial charge in [0.1, 0.15) is 5.75 Å².